The van der Waals surface area contributed by atoms with Gasteiger partial charge in [-0.15, -0.1) is 0 Å². The molecule has 2 heterocycles. The van der Waals surface area contributed by atoms with Gasteiger partial charge < -0.3 is 10.1 Å². The molecule has 0 fully saturated rings. The maximum absolute atomic E-state index is 12.1. The first-order chi connectivity index (χ1) is 11.2. The van der Waals surface area contributed by atoms with Crippen molar-refractivity contribution in [2.75, 3.05) is 11.9 Å². The highest BCUT2D eigenvalue weighted by atomic mass is 19.4. The molecule has 0 aliphatic heterocycles. The number of alkyl halides is 3. The molecule has 2 aromatic heterocycles. The van der Waals surface area contributed by atoms with Gasteiger partial charge in [0, 0.05) is 37.7 Å². The number of carbonyl (C=O) groups is 1. The highest BCUT2D eigenvalue weighted by Crippen LogP contribution is 2.19. The molecule has 0 saturated heterocycles. The lowest BCUT2D eigenvalue weighted by molar-refractivity contribution is -0.709. The van der Waals surface area contributed by atoms with E-state index in [9.17, 15) is 18.0 Å². The number of anilines is 1. The summed E-state index contributed by atoms with van der Waals surface area (Å²) >= 11 is 0. The fourth-order valence-corrected chi connectivity index (χ4v) is 2.06. The lowest BCUT2D eigenvalue weighted by Crippen LogP contribution is -2.38. The monoisotopic (exact) mass is 340 g/mol. The van der Waals surface area contributed by atoms with Crippen LogP contribution in [-0.2, 0) is 4.79 Å². The number of aromatic nitrogens is 2. The summed E-state index contributed by atoms with van der Waals surface area (Å²) in [5.74, 6) is -0.256. The average molecular weight is 340 g/mol. The molecule has 1 unspecified atom stereocenters. The molecule has 5 nitrogen and oxygen atoms in total. The molecular weight excluding hydrogens is 323 g/mol. The minimum Gasteiger partial charge on any atom is -0.468 e. The summed E-state index contributed by atoms with van der Waals surface area (Å²) in [6, 6.07) is 6.48. The molecule has 0 aliphatic carbocycles. The van der Waals surface area contributed by atoms with Gasteiger partial charge in [-0.1, -0.05) is 0 Å². The van der Waals surface area contributed by atoms with Gasteiger partial charge in [0.05, 0.1) is 0 Å². The molecule has 1 atom stereocenters. The molecule has 128 valence electrons. The second-order valence-corrected chi connectivity index (χ2v) is 5.23. The zero-order chi connectivity index (χ0) is 17.7. The van der Waals surface area contributed by atoms with Crippen molar-refractivity contribution >= 4 is 11.6 Å². The van der Waals surface area contributed by atoms with Gasteiger partial charge in [-0.05, 0) is 12.1 Å². The van der Waals surface area contributed by atoms with Crippen LogP contribution in [0.4, 0.5) is 18.9 Å². The third-order valence-corrected chi connectivity index (χ3v) is 3.22. The largest absolute Gasteiger partial charge is 0.468 e. The lowest BCUT2D eigenvalue weighted by atomic mass is 10.1. The number of pyridine rings is 2. The fourth-order valence-electron chi connectivity index (χ4n) is 2.06. The number of nitrogens with zero attached hydrogens (tertiary/aromatic N) is 2. The number of carbonyl (C=O) groups excluding carboxylic acids is 1. The maximum atomic E-state index is 12.1. The first-order valence-electron chi connectivity index (χ1n) is 7.18. The van der Waals surface area contributed by atoms with Crippen LogP contribution < -0.4 is 14.6 Å². The SMILES string of the molecule is CC(=O)Nc1ccc[n+](C(C)c2ccc(OCC(F)(F)F)nc2)c1. The van der Waals surface area contributed by atoms with Gasteiger partial charge in [-0.2, -0.15) is 17.7 Å². The van der Waals surface area contributed by atoms with E-state index in [1.807, 2.05) is 17.7 Å². The number of ether oxygens (including phenoxy) is 1. The Morgan fingerprint density at radius 3 is 2.71 bits per heavy atom. The highest BCUT2D eigenvalue weighted by Gasteiger charge is 2.28. The topological polar surface area (TPSA) is 55.1 Å². The van der Waals surface area contributed by atoms with E-state index in [4.69, 9.17) is 0 Å². The Kier molecular flexibility index (Phi) is 5.38. The minimum absolute atomic E-state index is 0.0831. The van der Waals surface area contributed by atoms with E-state index >= 15 is 0 Å². The standard InChI is InChI=1S/C16H16F3N3O2/c1-11(22-7-3-4-14(9-22)21-12(2)23)13-5-6-15(20-8-13)24-10-16(17,18)19/h3-9,11H,10H2,1-2H3/p+1. The molecule has 0 aromatic carbocycles. The van der Waals surface area contributed by atoms with E-state index in [-0.39, 0.29) is 17.8 Å². The van der Waals surface area contributed by atoms with Crippen molar-refractivity contribution < 1.29 is 27.3 Å². The van der Waals surface area contributed by atoms with Crippen molar-refractivity contribution in [1.82, 2.24) is 4.98 Å². The van der Waals surface area contributed by atoms with Crippen LogP contribution in [-0.4, -0.2) is 23.7 Å². The number of hydrogen-bond acceptors (Lipinski definition) is 3. The maximum Gasteiger partial charge on any atom is 0.422 e. The Morgan fingerprint density at radius 2 is 2.12 bits per heavy atom. The Bertz CT molecular complexity index is 702. The second kappa shape index (κ2) is 7.29. The Balaban J connectivity index is 2.09. The van der Waals surface area contributed by atoms with E-state index in [0.717, 1.165) is 5.56 Å². The predicted octanol–water partition coefficient (Wildman–Crippen LogP) is 2.88. The van der Waals surface area contributed by atoms with E-state index in [0.29, 0.717) is 5.69 Å². The van der Waals surface area contributed by atoms with Gasteiger partial charge in [-0.3, -0.25) is 4.79 Å². The average Bonchev–Trinajstić information content (AvgIpc) is 2.52. The van der Waals surface area contributed by atoms with Gasteiger partial charge in [0.1, 0.15) is 5.69 Å². The van der Waals surface area contributed by atoms with E-state index in [1.165, 1.54) is 19.2 Å². The minimum atomic E-state index is -4.40. The number of rotatable bonds is 5. The summed E-state index contributed by atoms with van der Waals surface area (Å²) in [6.45, 7) is 1.96. The predicted molar refractivity (Wildman–Crippen MR) is 80.5 cm³/mol. The van der Waals surface area contributed by atoms with Crippen molar-refractivity contribution in [3.8, 4) is 5.88 Å². The summed E-state index contributed by atoms with van der Waals surface area (Å²) in [6.07, 6.45) is 0.659. The van der Waals surface area contributed by atoms with Crippen molar-refractivity contribution in [3.63, 3.8) is 0 Å². The van der Waals surface area contributed by atoms with Crippen LogP contribution in [0.3, 0.4) is 0 Å². The summed E-state index contributed by atoms with van der Waals surface area (Å²) in [7, 11) is 0. The fraction of sp³-hybridized carbons (Fsp3) is 0.312. The van der Waals surface area contributed by atoms with Gasteiger partial charge in [0.2, 0.25) is 11.8 Å². The third kappa shape index (κ3) is 5.22. The van der Waals surface area contributed by atoms with Crippen molar-refractivity contribution in [2.24, 2.45) is 0 Å². The van der Waals surface area contributed by atoms with Gasteiger partial charge in [0.25, 0.3) is 0 Å². The number of nitrogens with one attached hydrogen (secondary N) is 1. The zero-order valence-electron chi connectivity index (χ0n) is 13.2. The molecule has 24 heavy (non-hydrogen) atoms. The van der Waals surface area contributed by atoms with Crippen molar-refractivity contribution in [2.45, 2.75) is 26.1 Å². The summed E-state index contributed by atoms with van der Waals surface area (Å²) in [5, 5.41) is 2.69. The van der Waals surface area contributed by atoms with Crippen LogP contribution in [0.1, 0.15) is 25.5 Å². The zero-order valence-corrected chi connectivity index (χ0v) is 13.2. The molecule has 0 saturated carbocycles. The Hall–Kier alpha value is -2.64. The van der Waals surface area contributed by atoms with Crippen LogP contribution in [0.2, 0.25) is 0 Å². The third-order valence-electron chi connectivity index (χ3n) is 3.22. The summed E-state index contributed by atoms with van der Waals surface area (Å²) < 4.78 is 42.8. The van der Waals surface area contributed by atoms with Gasteiger partial charge >= 0.3 is 6.18 Å². The number of halogens is 3. The van der Waals surface area contributed by atoms with Crippen molar-refractivity contribution in [3.05, 3.63) is 48.4 Å². The molecule has 0 bridgehead atoms. The molecule has 2 aromatic rings. The van der Waals surface area contributed by atoms with Crippen LogP contribution in [0.5, 0.6) is 5.88 Å². The molecule has 0 aliphatic rings. The molecule has 2 rings (SSSR count). The van der Waals surface area contributed by atoms with Crippen LogP contribution >= 0.6 is 0 Å². The van der Waals surface area contributed by atoms with E-state index < -0.39 is 12.8 Å². The second-order valence-electron chi connectivity index (χ2n) is 5.23. The normalized spacial score (nSPS) is 12.5. The molecule has 1 amide bonds. The highest BCUT2D eigenvalue weighted by molar-refractivity contribution is 5.88. The van der Waals surface area contributed by atoms with Crippen molar-refractivity contribution in [1.29, 1.82) is 0 Å². The molecule has 1 N–H and O–H groups in total. The van der Waals surface area contributed by atoms with Crippen LogP contribution in [0, 0.1) is 0 Å². The quantitative estimate of drug-likeness (QED) is 0.852. The number of hydrogen-bond donors (Lipinski definition) is 1. The summed E-state index contributed by atoms with van der Waals surface area (Å²) in [5.41, 5.74) is 1.44. The first kappa shape index (κ1) is 17.7. The lowest BCUT2D eigenvalue weighted by Gasteiger charge is -2.11. The summed E-state index contributed by atoms with van der Waals surface area (Å²) in [4.78, 5) is 15.0. The molecular formula is C16H17F3N3O2+. The van der Waals surface area contributed by atoms with Crippen LogP contribution in [0.15, 0.2) is 42.9 Å². The Labute approximate surface area is 137 Å². The van der Waals surface area contributed by atoms with Crippen LogP contribution in [0.25, 0.3) is 0 Å². The molecule has 8 heteroatoms. The smallest absolute Gasteiger partial charge is 0.422 e. The Morgan fingerprint density at radius 1 is 1.38 bits per heavy atom. The van der Waals surface area contributed by atoms with E-state index in [1.54, 1.807) is 24.4 Å². The number of amides is 1. The molecule has 0 spiro atoms. The molecule has 0 radical (unpaired) electrons. The van der Waals surface area contributed by atoms with Gasteiger partial charge in [0.15, 0.2) is 25.0 Å². The van der Waals surface area contributed by atoms with Gasteiger partial charge in [-0.25, -0.2) is 4.98 Å². The first-order valence-corrected chi connectivity index (χ1v) is 7.18. The van der Waals surface area contributed by atoms with E-state index in [2.05, 4.69) is 15.0 Å².